The van der Waals surface area contributed by atoms with Crippen LogP contribution in [0.25, 0.3) is 11.0 Å². The molecule has 0 saturated carbocycles. The Balaban J connectivity index is 1.68. The van der Waals surface area contributed by atoms with Gasteiger partial charge >= 0.3 is 6.09 Å². The van der Waals surface area contributed by atoms with Crippen molar-refractivity contribution in [2.75, 3.05) is 13.2 Å². The molecular formula is C34H50N4O5. The van der Waals surface area contributed by atoms with E-state index in [0.29, 0.717) is 12.5 Å². The molecule has 0 aliphatic carbocycles. The maximum absolute atomic E-state index is 14.1. The normalized spacial score (nSPS) is 26.1. The average molecular weight is 595 g/mol. The number of hydrogen-bond donors (Lipinski definition) is 1. The smallest absolute Gasteiger partial charge is 0.407 e. The van der Waals surface area contributed by atoms with Gasteiger partial charge in [-0.05, 0) is 56.1 Å². The van der Waals surface area contributed by atoms with Crippen LogP contribution in [0.2, 0.25) is 0 Å². The summed E-state index contributed by atoms with van der Waals surface area (Å²) in [4.78, 5) is 51.5. The lowest BCUT2D eigenvalue weighted by atomic mass is 9.85. The van der Waals surface area contributed by atoms with Crippen molar-refractivity contribution in [3.05, 3.63) is 30.0 Å². The molecule has 2 aliphatic rings. The number of alkyl carbamates (subject to hydrolysis) is 1. The summed E-state index contributed by atoms with van der Waals surface area (Å²) in [6, 6.07) is 6.21. The van der Waals surface area contributed by atoms with Crippen molar-refractivity contribution in [1.82, 2.24) is 20.2 Å². The Hall–Kier alpha value is -3.23. The van der Waals surface area contributed by atoms with Gasteiger partial charge < -0.3 is 19.7 Å². The molecule has 1 aromatic carbocycles. The molecule has 236 valence electrons. The van der Waals surface area contributed by atoms with Crippen LogP contribution < -0.4 is 10.1 Å². The Morgan fingerprint density at radius 3 is 2.47 bits per heavy atom. The summed E-state index contributed by atoms with van der Waals surface area (Å²) in [5.74, 6) is 0.0309. The van der Waals surface area contributed by atoms with Crippen molar-refractivity contribution < 1.29 is 23.9 Å². The topological polar surface area (TPSA) is 111 Å². The zero-order chi connectivity index (χ0) is 31.1. The van der Waals surface area contributed by atoms with E-state index in [0.717, 1.165) is 74.5 Å². The summed E-state index contributed by atoms with van der Waals surface area (Å²) in [6.45, 7) is 11.9. The van der Waals surface area contributed by atoms with Crippen LogP contribution in [0.1, 0.15) is 98.6 Å². The van der Waals surface area contributed by atoms with Crippen molar-refractivity contribution in [3.63, 3.8) is 0 Å². The first kappa shape index (κ1) is 32.7. The van der Waals surface area contributed by atoms with Gasteiger partial charge in [-0.25, -0.2) is 14.8 Å². The molecule has 43 heavy (non-hydrogen) atoms. The fourth-order valence-corrected chi connectivity index (χ4v) is 6.41. The van der Waals surface area contributed by atoms with Gasteiger partial charge in [0.05, 0.1) is 30.2 Å². The SMILES string of the molecule is CCCCC[C@H]1CCCCCc2nc3ccccc3nc2O[C@H]2CN(C(=O)[C@H](C(C)(C)C)NC(=O)OC1)[C@H](C(C)=O)[C@@H]2C. The van der Waals surface area contributed by atoms with Crippen LogP contribution in [0.15, 0.2) is 24.3 Å². The third-order valence-electron chi connectivity index (χ3n) is 8.93. The summed E-state index contributed by atoms with van der Waals surface area (Å²) in [5.41, 5.74) is 1.76. The summed E-state index contributed by atoms with van der Waals surface area (Å²) < 4.78 is 12.3. The number of nitrogens with one attached hydrogen (secondary N) is 1. The van der Waals surface area contributed by atoms with E-state index in [1.54, 1.807) is 4.90 Å². The fourth-order valence-electron chi connectivity index (χ4n) is 6.41. The number of para-hydroxylation sites is 2. The second-order valence-electron chi connectivity index (χ2n) is 13.5. The zero-order valence-electron chi connectivity index (χ0n) is 26.9. The average Bonchev–Trinajstić information content (AvgIpc) is 3.28. The number of Topliss-reactive ketones (excluding diaryl/α,β-unsaturated/α-hetero) is 1. The lowest BCUT2D eigenvalue weighted by Crippen LogP contribution is -2.57. The third kappa shape index (κ3) is 8.24. The molecule has 3 heterocycles. The van der Waals surface area contributed by atoms with Crippen LogP contribution in [0.3, 0.4) is 0 Å². The number of carbonyl (C=O) groups is 3. The molecule has 4 rings (SSSR count). The summed E-state index contributed by atoms with van der Waals surface area (Å²) >= 11 is 0. The second kappa shape index (κ2) is 14.5. The first-order valence-corrected chi connectivity index (χ1v) is 16.2. The van der Waals surface area contributed by atoms with Gasteiger partial charge in [-0.2, -0.15) is 0 Å². The number of aryl methyl sites for hydroxylation is 1. The minimum atomic E-state index is -0.874. The fraction of sp³-hybridized carbons (Fsp3) is 0.676. The molecule has 1 saturated heterocycles. The predicted molar refractivity (Wildman–Crippen MR) is 167 cm³/mol. The highest BCUT2D eigenvalue weighted by atomic mass is 16.5. The molecule has 0 radical (unpaired) electrons. The molecule has 0 unspecified atom stereocenters. The molecule has 5 atom stereocenters. The third-order valence-corrected chi connectivity index (χ3v) is 8.93. The Labute approximate surface area is 256 Å². The van der Waals surface area contributed by atoms with Crippen molar-refractivity contribution >= 4 is 28.8 Å². The highest BCUT2D eigenvalue weighted by Gasteiger charge is 2.49. The van der Waals surface area contributed by atoms with Crippen LogP contribution in [0, 0.1) is 17.3 Å². The molecule has 1 fully saturated rings. The molecule has 1 aromatic heterocycles. The van der Waals surface area contributed by atoms with Gasteiger partial charge in [0.2, 0.25) is 11.8 Å². The molecule has 9 heteroatoms. The number of benzene rings is 1. The van der Waals surface area contributed by atoms with Gasteiger partial charge in [0.1, 0.15) is 17.8 Å². The zero-order valence-corrected chi connectivity index (χ0v) is 26.9. The Morgan fingerprint density at radius 1 is 1.07 bits per heavy atom. The van der Waals surface area contributed by atoms with E-state index in [-0.39, 0.29) is 30.1 Å². The Morgan fingerprint density at radius 2 is 1.79 bits per heavy atom. The molecule has 2 aromatic rings. The van der Waals surface area contributed by atoms with Gasteiger partial charge in [0.25, 0.3) is 0 Å². The monoisotopic (exact) mass is 594 g/mol. The van der Waals surface area contributed by atoms with E-state index in [2.05, 4.69) is 12.2 Å². The van der Waals surface area contributed by atoms with Crippen LogP contribution >= 0.6 is 0 Å². The standard InChI is InChI=1S/C34H50N4O5/c1-7-8-10-15-24-16-11-9-12-19-27-31(36-26-18-14-13-17-25(26)35-27)43-28-20-38(29(22(28)2)23(3)39)32(40)30(34(4,5)6)37-33(41)42-21-24/h13-14,17-18,22,24,28-30H,7-12,15-16,19-21H2,1-6H3,(H,37,41)/t22-,24+,28+,29+,30-/m1/s1. The van der Waals surface area contributed by atoms with Crippen LogP contribution in [-0.4, -0.2) is 64.0 Å². The molecule has 9 nitrogen and oxygen atoms in total. The van der Waals surface area contributed by atoms with Crippen molar-refractivity contribution in [2.24, 2.45) is 17.3 Å². The number of nitrogens with zero attached hydrogens (tertiary/aromatic N) is 3. The molecule has 0 spiro atoms. The number of fused-ring (bicyclic) bond motifs is 4. The van der Waals surface area contributed by atoms with Crippen LogP contribution in [0.5, 0.6) is 5.88 Å². The number of carbonyl (C=O) groups excluding carboxylic acids is 3. The van der Waals surface area contributed by atoms with Crippen LogP contribution in [-0.2, 0) is 20.7 Å². The molecule has 2 aliphatic heterocycles. The quantitative estimate of drug-likeness (QED) is 0.407. The minimum Gasteiger partial charge on any atom is -0.471 e. The van der Waals surface area contributed by atoms with E-state index in [9.17, 15) is 14.4 Å². The number of hydrogen-bond acceptors (Lipinski definition) is 7. The van der Waals surface area contributed by atoms with Crippen molar-refractivity contribution in [1.29, 1.82) is 0 Å². The number of amides is 2. The second-order valence-corrected chi connectivity index (χ2v) is 13.5. The molecule has 2 bridgehead atoms. The number of unbranched alkanes of at least 4 members (excludes halogenated alkanes) is 2. The number of cyclic esters (lactones) is 1. The van der Waals surface area contributed by atoms with Crippen LogP contribution in [0.4, 0.5) is 4.79 Å². The maximum atomic E-state index is 14.1. The van der Waals surface area contributed by atoms with E-state index < -0.39 is 29.7 Å². The molecular weight excluding hydrogens is 544 g/mol. The summed E-state index contributed by atoms with van der Waals surface area (Å²) in [7, 11) is 0. The Kier molecular flexibility index (Phi) is 11.0. The summed E-state index contributed by atoms with van der Waals surface area (Å²) in [6.07, 6.45) is 8.01. The molecule has 2 amide bonds. The largest absolute Gasteiger partial charge is 0.471 e. The lowest BCUT2D eigenvalue weighted by molar-refractivity contribution is -0.141. The molecule has 1 N–H and O–H groups in total. The number of ketones is 1. The predicted octanol–water partition coefficient (Wildman–Crippen LogP) is 6.27. The van der Waals surface area contributed by atoms with Gasteiger partial charge in [-0.15, -0.1) is 0 Å². The minimum absolute atomic E-state index is 0.118. The van der Waals surface area contributed by atoms with E-state index in [1.165, 1.54) is 6.92 Å². The highest BCUT2D eigenvalue weighted by Crippen LogP contribution is 2.33. The van der Waals surface area contributed by atoms with Gasteiger partial charge in [0, 0.05) is 5.92 Å². The Bertz CT molecular complexity index is 1280. The first-order valence-electron chi connectivity index (χ1n) is 16.2. The van der Waals surface area contributed by atoms with E-state index >= 15 is 0 Å². The lowest BCUT2D eigenvalue weighted by Gasteiger charge is -2.35. The number of ether oxygens (including phenoxy) is 2. The maximum Gasteiger partial charge on any atom is 0.407 e. The van der Waals surface area contributed by atoms with Gasteiger partial charge in [-0.1, -0.05) is 78.9 Å². The van der Waals surface area contributed by atoms with E-state index in [4.69, 9.17) is 19.4 Å². The van der Waals surface area contributed by atoms with Crippen molar-refractivity contribution in [3.8, 4) is 5.88 Å². The van der Waals surface area contributed by atoms with Gasteiger partial charge in [-0.3, -0.25) is 9.59 Å². The van der Waals surface area contributed by atoms with E-state index in [1.807, 2.05) is 52.0 Å². The number of rotatable bonds is 5. The highest BCUT2D eigenvalue weighted by molar-refractivity contribution is 5.92. The van der Waals surface area contributed by atoms with Gasteiger partial charge in [0.15, 0.2) is 5.78 Å². The van der Waals surface area contributed by atoms with Crippen molar-refractivity contribution in [2.45, 2.75) is 118 Å². The first-order chi connectivity index (χ1) is 20.5. The summed E-state index contributed by atoms with van der Waals surface area (Å²) in [5, 5.41) is 2.86. The number of aromatic nitrogens is 2.